The Morgan fingerprint density at radius 1 is 0.643 bits per heavy atom. The molecule has 42 heavy (non-hydrogen) atoms. The highest BCUT2D eigenvalue weighted by Gasteiger charge is 2.39. The quantitative estimate of drug-likeness (QED) is 0.192. The van der Waals surface area contributed by atoms with E-state index >= 15 is 4.57 Å². The number of para-hydroxylation sites is 1. The summed E-state index contributed by atoms with van der Waals surface area (Å²) in [5.41, 5.74) is 7.37. The van der Waals surface area contributed by atoms with Crippen LogP contribution < -0.4 is 15.9 Å². The van der Waals surface area contributed by atoms with Crippen LogP contribution in [0.25, 0.3) is 48.7 Å². The monoisotopic (exact) mass is 578 g/mol. The molecule has 0 saturated heterocycles. The third-order valence-corrected chi connectivity index (χ3v) is 12.5. The molecular weight excluding hydrogens is 551 g/mol. The van der Waals surface area contributed by atoms with Crippen LogP contribution in [0.2, 0.25) is 0 Å². The van der Waals surface area contributed by atoms with Crippen LogP contribution in [0.3, 0.4) is 0 Å². The minimum Gasteiger partial charge on any atom is -0.308 e. The van der Waals surface area contributed by atoms with Crippen molar-refractivity contribution in [1.29, 1.82) is 0 Å². The van der Waals surface area contributed by atoms with E-state index in [9.17, 15) is 0 Å². The van der Waals surface area contributed by atoms with Gasteiger partial charge in [-0.15, -0.1) is 11.3 Å². The Morgan fingerprint density at radius 2 is 1.26 bits per heavy atom. The fraction of sp³-hybridized carbons (Fsp3) is 0.0541. The number of thiophene rings is 1. The SMILES string of the molecule is CCc1nc2cc(-c3ccc(-c4ccc(-c5ccccc5)s4)cc3)cc3c2n1-c1ccccc1P3(=O)c1ccccc1. The summed E-state index contributed by atoms with van der Waals surface area (Å²) in [6, 6.07) is 46.0. The van der Waals surface area contributed by atoms with Gasteiger partial charge in [0.25, 0.3) is 0 Å². The maximum absolute atomic E-state index is 15.5. The summed E-state index contributed by atoms with van der Waals surface area (Å²) in [6.45, 7) is 2.13. The first kappa shape index (κ1) is 25.2. The maximum Gasteiger partial charge on any atom is 0.175 e. The number of rotatable bonds is 5. The van der Waals surface area contributed by atoms with E-state index in [0.29, 0.717) is 0 Å². The Balaban J connectivity index is 1.28. The summed E-state index contributed by atoms with van der Waals surface area (Å²) in [7, 11) is -3.15. The highest BCUT2D eigenvalue weighted by atomic mass is 32.1. The topological polar surface area (TPSA) is 34.9 Å². The van der Waals surface area contributed by atoms with Gasteiger partial charge in [-0.05, 0) is 58.7 Å². The molecule has 0 N–H and O–H groups in total. The fourth-order valence-corrected chi connectivity index (χ4v) is 10.2. The highest BCUT2D eigenvalue weighted by Crippen LogP contribution is 2.50. The van der Waals surface area contributed by atoms with E-state index in [2.05, 4.69) is 90.4 Å². The molecule has 1 atom stereocenters. The largest absolute Gasteiger partial charge is 0.308 e. The number of benzene rings is 5. The van der Waals surface area contributed by atoms with Crippen molar-refractivity contribution in [2.75, 3.05) is 0 Å². The second kappa shape index (κ2) is 9.80. The van der Waals surface area contributed by atoms with Crippen molar-refractivity contribution in [2.24, 2.45) is 0 Å². The van der Waals surface area contributed by atoms with Gasteiger partial charge in [-0.1, -0.05) is 104 Å². The molecular formula is C37H27N2OPS. The van der Waals surface area contributed by atoms with Crippen LogP contribution in [0, 0.1) is 0 Å². The summed E-state index contributed by atoms with van der Waals surface area (Å²) >= 11 is 1.80. The van der Waals surface area contributed by atoms with Crippen molar-refractivity contribution in [1.82, 2.24) is 9.55 Å². The molecule has 3 nitrogen and oxygen atoms in total. The lowest BCUT2D eigenvalue weighted by Crippen LogP contribution is -2.33. The zero-order chi connectivity index (χ0) is 28.3. The Bertz CT molecular complexity index is 2140. The third kappa shape index (κ3) is 3.80. The summed E-state index contributed by atoms with van der Waals surface area (Å²) in [5.74, 6) is 0.984. The van der Waals surface area contributed by atoms with Crippen molar-refractivity contribution < 1.29 is 4.57 Å². The van der Waals surface area contributed by atoms with Gasteiger partial charge in [0.05, 0.1) is 16.7 Å². The van der Waals surface area contributed by atoms with Crippen LogP contribution in [0.1, 0.15) is 12.7 Å². The molecule has 5 heteroatoms. The molecule has 1 aliphatic rings. The van der Waals surface area contributed by atoms with E-state index in [1.807, 2.05) is 54.6 Å². The first-order valence-electron chi connectivity index (χ1n) is 14.2. The molecule has 0 radical (unpaired) electrons. The predicted octanol–water partition coefficient (Wildman–Crippen LogP) is 8.60. The lowest BCUT2D eigenvalue weighted by molar-refractivity contribution is 0.592. The highest BCUT2D eigenvalue weighted by molar-refractivity contribution is 7.86. The van der Waals surface area contributed by atoms with Gasteiger partial charge in [-0.25, -0.2) is 4.98 Å². The summed E-state index contributed by atoms with van der Waals surface area (Å²) < 4.78 is 17.7. The molecule has 1 aliphatic heterocycles. The number of aromatic nitrogens is 2. The van der Waals surface area contributed by atoms with Crippen molar-refractivity contribution in [2.45, 2.75) is 13.3 Å². The van der Waals surface area contributed by atoms with Gasteiger partial charge in [0.15, 0.2) is 7.14 Å². The van der Waals surface area contributed by atoms with Gasteiger partial charge >= 0.3 is 0 Å². The Hall–Kier alpha value is -4.50. The zero-order valence-corrected chi connectivity index (χ0v) is 24.8. The molecule has 0 amide bonds. The van der Waals surface area contributed by atoms with Gasteiger partial charge in [0, 0.05) is 32.1 Å². The molecule has 0 bridgehead atoms. The van der Waals surface area contributed by atoms with E-state index in [1.54, 1.807) is 11.3 Å². The van der Waals surface area contributed by atoms with Crippen LogP contribution in [-0.4, -0.2) is 9.55 Å². The van der Waals surface area contributed by atoms with Gasteiger partial charge in [0.2, 0.25) is 0 Å². The summed E-state index contributed by atoms with van der Waals surface area (Å²) in [6.07, 6.45) is 0.786. The first-order chi connectivity index (χ1) is 20.6. The molecule has 0 fully saturated rings. The van der Waals surface area contributed by atoms with Crippen LogP contribution in [0.15, 0.2) is 133 Å². The molecule has 5 aromatic carbocycles. The van der Waals surface area contributed by atoms with Crippen LogP contribution in [0.5, 0.6) is 0 Å². The van der Waals surface area contributed by atoms with E-state index in [0.717, 1.165) is 56.0 Å². The lowest BCUT2D eigenvalue weighted by Gasteiger charge is -2.29. The van der Waals surface area contributed by atoms with Crippen molar-refractivity contribution in [3.8, 4) is 37.7 Å². The Morgan fingerprint density at radius 3 is 1.98 bits per heavy atom. The standard InChI is InChI=1S/C37H27N2OPS/c1-2-36-38-30-23-28(25-17-19-27(20-18-25)35-22-21-34(42-35)26-11-5-3-6-12-26)24-33-37(30)39(36)31-15-9-10-16-32(31)41(33,40)29-13-7-4-8-14-29/h3-24H,2H2,1H3. The number of aryl methyl sites for hydroxylation is 1. The van der Waals surface area contributed by atoms with E-state index in [-0.39, 0.29) is 0 Å². The van der Waals surface area contributed by atoms with Crippen molar-refractivity contribution >= 4 is 45.4 Å². The van der Waals surface area contributed by atoms with E-state index in [1.165, 1.54) is 20.9 Å². The smallest absolute Gasteiger partial charge is 0.175 e. The van der Waals surface area contributed by atoms with Crippen molar-refractivity contribution in [3.63, 3.8) is 0 Å². The van der Waals surface area contributed by atoms with Gasteiger partial charge in [-0.2, -0.15) is 0 Å². The molecule has 2 aromatic heterocycles. The normalized spacial score (nSPS) is 15.5. The minimum absolute atomic E-state index is 0.786. The van der Waals surface area contributed by atoms with Crippen LogP contribution >= 0.6 is 18.5 Å². The van der Waals surface area contributed by atoms with Crippen molar-refractivity contribution in [3.05, 3.63) is 139 Å². The van der Waals surface area contributed by atoms with E-state index < -0.39 is 7.14 Å². The average Bonchev–Trinajstić information content (AvgIpc) is 3.70. The molecule has 0 spiro atoms. The Labute approximate surface area is 249 Å². The molecule has 7 aromatic rings. The van der Waals surface area contributed by atoms with E-state index in [4.69, 9.17) is 4.98 Å². The van der Waals surface area contributed by atoms with Gasteiger partial charge < -0.3 is 4.57 Å². The first-order valence-corrected chi connectivity index (χ1v) is 16.7. The summed E-state index contributed by atoms with van der Waals surface area (Å²) in [5, 5.41) is 2.59. The molecule has 202 valence electrons. The number of hydrogen-bond donors (Lipinski definition) is 0. The lowest BCUT2D eigenvalue weighted by atomic mass is 10.0. The van der Waals surface area contributed by atoms with Gasteiger partial charge in [-0.3, -0.25) is 4.57 Å². The Kier molecular flexibility index (Phi) is 5.89. The molecule has 3 heterocycles. The maximum atomic E-state index is 15.5. The predicted molar refractivity (Wildman–Crippen MR) is 178 cm³/mol. The second-order valence-corrected chi connectivity index (χ2v) is 14.4. The molecule has 8 rings (SSSR count). The number of imidazole rings is 1. The zero-order valence-electron chi connectivity index (χ0n) is 23.1. The molecule has 1 unspecified atom stereocenters. The van der Waals surface area contributed by atoms with Gasteiger partial charge in [0.1, 0.15) is 5.82 Å². The number of hydrogen-bond acceptors (Lipinski definition) is 3. The number of nitrogens with zero attached hydrogens (tertiary/aromatic N) is 2. The summed E-state index contributed by atoms with van der Waals surface area (Å²) in [4.78, 5) is 7.59. The van der Waals surface area contributed by atoms with Crippen LogP contribution in [-0.2, 0) is 11.0 Å². The number of fused-ring (bicyclic) bond motifs is 2. The molecule has 0 saturated carbocycles. The third-order valence-electron chi connectivity index (χ3n) is 8.21. The average molecular weight is 579 g/mol. The fourth-order valence-electron chi connectivity index (χ4n) is 6.18. The second-order valence-electron chi connectivity index (χ2n) is 10.6. The minimum atomic E-state index is -3.15. The molecule has 0 aliphatic carbocycles. The van der Waals surface area contributed by atoms with Crippen LogP contribution in [0.4, 0.5) is 0 Å².